The molecule has 1 atom stereocenters. The number of aromatic amines is 1. The molecule has 2 heterocycles. The quantitative estimate of drug-likeness (QED) is 0.224. The maximum Gasteiger partial charge on any atom is 0.300 e. The van der Waals surface area contributed by atoms with Gasteiger partial charge in [0, 0.05) is 33.9 Å². The summed E-state index contributed by atoms with van der Waals surface area (Å²) in [7, 11) is 1.50. The Morgan fingerprint density at radius 1 is 1.06 bits per heavy atom. The van der Waals surface area contributed by atoms with Crippen molar-refractivity contribution < 1.29 is 19.4 Å². The Bertz CT molecular complexity index is 1470. The maximum atomic E-state index is 13.4. The Morgan fingerprint density at radius 3 is 2.53 bits per heavy atom. The van der Waals surface area contributed by atoms with Crippen molar-refractivity contribution in [1.29, 1.82) is 0 Å². The van der Waals surface area contributed by atoms with Gasteiger partial charge in [0.05, 0.1) is 23.7 Å². The van der Waals surface area contributed by atoms with Gasteiger partial charge in [0.2, 0.25) is 0 Å². The summed E-state index contributed by atoms with van der Waals surface area (Å²) in [6, 6.07) is 18.9. The molecule has 1 aliphatic rings. The van der Waals surface area contributed by atoms with Crippen LogP contribution in [0.1, 0.15) is 22.7 Å². The van der Waals surface area contributed by atoms with Crippen molar-refractivity contribution in [2.45, 2.75) is 13.0 Å². The van der Waals surface area contributed by atoms with Crippen LogP contribution in [0.2, 0.25) is 5.02 Å². The summed E-state index contributed by atoms with van der Waals surface area (Å²) in [6.07, 6.45) is 1.77. The van der Waals surface area contributed by atoms with Crippen LogP contribution in [0.5, 0.6) is 5.75 Å². The molecule has 7 heteroatoms. The lowest BCUT2D eigenvalue weighted by molar-refractivity contribution is -0.132. The molecule has 170 valence electrons. The number of aromatic nitrogens is 1. The first-order valence-corrected chi connectivity index (χ1v) is 11.1. The van der Waals surface area contributed by atoms with Crippen LogP contribution in [0.3, 0.4) is 0 Å². The third kappa shape index (κ3) is 3.43. The number of methoxy groups -OCH3 is 1. The van der Waals surface area contributed by atoms with Gasteiger partial charge < -0.3 is 14.8 Å². The Labute approximate surface area is 201 Å². The number of aryl methyl sites for hydroxylation is 1. The number of amides is 1. The number of halogens is 1. The lowest BCUT2D eigenvalue weighted by atomic mass is 9.94. The molecule has 1 aromatic heterocycles. The summed E-state index contributed by atoms with van der Waals surface area (Å²) >= 11 is 6.38. The van der Waals surface area contributed by atoms with E-state index in [0.717, 1.165) is 16.5 Å². The Balaban J connectivity index is 1.79. The number of benzene rings is 3. The molecule has 1 amide bonds. The van der Waals surface area contributed by atoms with Crippen molar-refractivity contribution in [1.82, 2.24) is 4.98 Å². The van der Waals surface area contributed by atoms with Gasteiger partial charge in [0.15, 0.2) is 0 Å². The van der Waals surface area contributed by atoms with Crippen LogP contribution in [-0.2, 0) is 9.59 Å². The molecule has 0 bridgehead atoms. The van der Waals surface area contributed by atoms with Crippen molar-refractivity contribution in [2.24, 2.45) is 0 Å². The summed E-state index contributed by atoms with van der Waals surface area (Å²) in [5.41, 5.74) is 3.30. The second-order valence-electron chi connectivity index (χ2n) is 8.14. The normalized spacial score (nSPS) is 17.5. The van der Waals surface area contributed by atoms with Gasteiger partial charge in [0.1, 0.15) is 11.5 Å². The second-order valence-corrected chi connectivity index (χ2v) is 8.55. The smallest absolute Gasteiger partial charge is 0.300 e. The number of nitrogens with zero attached hydrogens (tertiary/aromatic N) is 1. The third-order valence-corrected chi connectivity index (χ3v) is 6.43. The van der Waals surface area contributed by atoms with Crippen LogP contribution in [0.4, 0.5) is 5.69 Å². The molecule has 0 aliphatic carbocycles. The van der Waals surface area contributed by atoms with Gasteiger partial charge in [-0.25, -0.2) is 0 Å². The number of carbonyl (C=O) groups is 2. The number of Topliss-reactive ketones (excluding diaryl/α,β-unsaturated/α-hetero) is 1. The second kappa shape index (κ2) is 8.39. The largest absolute Gasteiger partial charge is 0.507 e. The minimum atomic E-state index is -0.860. The zero-order chi connectivity index (χ0) is 24.0. The molecule has 3 aromatic carbocycles. The predicted molar refractivity (Wildman–Crippen MR) is 132 cm³/mol. The number of hydrogen-bond donors (Lipinski definition) is 2. The highest BCUT2D eigenvalue weighted by molar-refractivity contribution is 6.52. The molecule has 0 radical (unpaired) electrons. The van der Waals surface area contributed by atoms with Crippen molar-refractivity contribution in [3.63, 3.8) is 0 Å². The van der Waals surface area contributed by atoms with Crippen LogP contribution in [0.25, 0.3) is 16.7 Å². The van der Waals surface area contributed by atoms with E-state index < -0.39 is 17.7 Å². The monoisotopic (exact) mass is 472 g/mol. The average Bonchev–Trinajstić information content (AvgIpc) is 3.38. The number of fused-ring (bicyclic) bond motifs is 1. The lowest BCUT2D eigenvalue weighted by Crippen LogP contribution is -2.29. The Hall–Kier alpha value is -4.03. The number of para-hydroxylation sites is 1. The number of hydrogen-bond acceptors (Lipinski definition) is 4. The molecule has 1 saturated heterocycles. The number of H-pyrrole nitrogens is 1. The molecule has 4 aromatic rings. The Morgan fingerprint density at radius 2 is 1.79 bits per heavy atom. The minimum Gasteiger partial charge on any atom is -0.507 e. The number of ketones is 1. The van der Waals surface area contributed by atoms with E-state index >= 15 is 0 Å². The molecule has 0 spiro atoms. The minimum absolute atomic E-state index is 0.0366. The van der Waals surface area contributed by atoms with Crippen LogP contribution < -0.4 is 9.64 Å². The summed E-state index contributed by atoms with van der Waals surface area (Å²) in [6.45, 7) is 1.94. The fourth-order valence-electron chi connectivity index (χ4n) is 4.38. The molecule has 2 N–H and O–H groups in total. The highest BCUT2D eigenvalue weighted by atomic mass is 35.5. The topological polar surface area (TPSA) is 82.6 Å². The molecule has 34 heavy (non-hydrogen) atoms. The molecule has 1 fully saturated rings. The van der Waals surface area contributed by atoms with Crippen LogP contribution in [0.15, 0.2) is 78.5 Å². The number of aliphatic hydroxyl groups excluding tert-OH is 1. The van der Waals surface area contributed by atoms with Gasteiger partial charge in [-0.3, -0.25) is 14.5 Å². The predicted octanol–water partition coefficient (Wildman–Crippen LogP) is 5.76. The van der Waals surface area contributed by atoms with Gasteiger partial charge in [-0.1, -0.05) is 47.5 Å². The molecule has 5 rings (SSSR count). The number of anilines is 1. The van der Waals surface area contributed by atoms with E-state index in [1.54, 1.807) is 36.5 Å². The van der Waals surface area contributed by atoms with Crippen LogP contribution >= 0.6 is 11.6 Å². The van der Waals surface area contributed by atoms with E-state index in [-0.39, 0.29) is 21.9 Å². The van der Waals surface area contributed by atoms with E-state index in [4.69, 9.17) is 16.3 Å². The van der Waals surface area contributed by atoms with Gasteiger partial charge in [-0.2, -0.15) is 0 Å². The highest BCUT2D eigenvalue weighted by Crippen LogP contribution is 2.45. The fraction of sp³-hybridized carbons (Fsp3) is 0.111. The van der Waals surface area contributed by atoms with Crippen LogP contribution in [0, 0.1) is 6.92 Å². The summed E-state index contributed by atoms with van der Waals surface area (Å²) in [5.74, 6) is -1.40. The molecular formula is C27H21ClN2O4. The summed E-state index contributed by atoms with van der Waals surface area (Å²) < 4.78 is 5.27. The van der Waals surface area contributed by atoms with E-state index in [9.17, 15) is 14.7 Å². The van der Waals surface area contributed by atoms with Crippen molar-refractivity contribution in [3.05, 3.63) is 100 Å². The zero-order valence-corrected chi connectivity index (χ0v) is 19.3. The summed E-state index contributed by atoms with van der Waals surface area (Å²) in [4.78, 5) is 31.4. The zero-order valence-electron chi connectivity index (χ0n) is 18.5. The van der Waals surface area contributed by atoms with Gasteiger partial charge in [0.25, 0.3) is 11.7 Å². The SMILES string of the molecule is COc1ccc(Cl)c(/C(O)=C2\C(=O)C(=O)N(c3ccc(C)cc3)C2c2c[nH]c3ccccc23)c1. The van der Waals surface area contributed by atoms with E-state index in [1.165, 1.54) is 12.0 Å². The van der Waals surface area contributed by atoms with Crippen LogP contribution in [-0.4, -0.2) is 28.9 Å². The van der Waals surface area contributed by atoms with E-state index in [2.05, 4.69) is 4.98 Å². The molecular weight excluding hydrogens is 452 g/mol. The van der Waals surface area contributed by atoms with Gasteiger partial charge in [-0.05, 0) is 43.3 Å². The van der Waals surface area contributed by atoms with Crippen molar-refractivity contribution in [2.75, 3.05) is 12.0 Å². The first-order chi connectivity index (χ1) is 16.4. The highest BCUT2D eigenvalue weighted by Gasteiger charge is 2.47. The van der Waals surface area contributed by atoms with Gasteiger partial charge in [-0.15, -0.1) is 0 Å². The maximum absolute atomic E-state index is 13.4. The lowest BCUT2D eigenvalue weighted by Gasteiger charge is -2.25. The fourth-order valence-corrected chi connectivity index (χ4v) is 4.58. The summed E-state index contributed by atoms with van der Waals surface area (Å²) in [5, 5.41) is 12.5. The number of nitrogens with one attached hydrogen (secondary N) is 1. The Kier molecular flexibility index (Phi) is 5.38. The molecule has 1 aliphatic heterocycles. The standard InChI is InChI=1S/C27H21ClN2O4/c1-15-7-9-16(10-8-15)30-24(20-14-29-22-6-4-3-5-18(20)22)23(26(32)27(30)33)25(31)19-13-17(34-2)11-12-21(19)28/h3-14,24,29,31H,1-2H3/b25-23+. The molecule has 1 unspecified atom stereocenters. The first-order valence-electron chi connectivity index (χ1n) is 10.7. The molecule has 6 nitrogen and oxygen atoms in total. The average molecular weight is 473 g/mol. The molecule has 0 saturated carbocycles. The number of ether oxygens (including phenoxy) is 1. The van der Waals surface area contributed by atoms with E-state index in [0.29, 0.717) is 17.0 Å². The number of carbonyl (C=O) groups excluding carboxylic acids is 2. The third-order valence-electron chi connectivity index (χ3n) is 6.10. The first kappa shape index (κ1) is 21.8. The number of aliphatic hydroxyl groups is 1. The van der Waals surface area contributed by atoms with Crippen molar-refractivity contribution >= 4 is 45.6 Å². The number of rotatable bonds is 4. The van der Waals surface area contributed by atoms with E-state index in [1.807, 2.05) is 43.3 Å². The van der Waals surface area contributed by atoms with Crippen molar-refractivity contribution in [3.8, 4) is 5.75 Å². The van der Waals surface area contributed by atoms with Gasteiger partial charge >= 0.3 is 0 Å².